The second kappa shape index (κ2) is 6.20. The van der Waals surface area contributed by atoms with E-state index in [0.717, 1.165) is 29.8 Å². The van der Waals surface area contributed by atoms with E-state index in [9.17, 15) is 0 Å². The van der Waals surface area contributed by atoms with Gasteiger partial charge in [-0.2, -0.15) is 0 Å². The molecule has 2 unspecified atom stereocenters. The van der Waals surface area contributed by atoms with Gasteiger partial charge in [0.2, 0.25) is 0 Å². The van der Waals surface area contributed by atoms with E-state index in [1.165, 1.54) is 0 Å². The minimum Gasteiger partial charge on any atom is -0.493 e. The largest absolute Gasteiger partial charge is 0.493 e. The predicted molar refractivity (Wildman–Crippen MR) is 81.8 cm³/mol. The molecule has 5 heteroatoms. The van der Waals surface area contributed by atoms with Crippen LogP contribution in [0.1, 0.15) is 23.6 Å². The van der Waals surface area contributed by atoms with E-state index in [4.69, 9.17) is 26.8 Å². The van der Waals surface area contributed by atoms with E-state index < -0.39 is 0 Å². The Morgan fingerprint density at radius 1 is 1.40 bits per heavy atom. The summed E-state index contributed by atoms with van der Waals surface area (Å²) in [6, 6.07) is 2.08. The Hall–Kier alpha value is -0.970. The summed E-state index contributed by atoms with van der Waals surface area (Å²) in [4.78, 5) is 2.32. The van der Waals surface area contributed by atoms with Gasteiger partial charge < -0.3 is 15.2 Å². The van der Waals surface area contributed by atoms with Gasteiger partial charge in [-0.15, -0.1) is 0 Å². The minimum absolute atomic E-state index is 0.270. The molecule has 2 atom stereocenters. The Labute approximate surface area is 125 Å². The maximum absolute atomic E-state index is 6.34. The van der Waals surface area contributed by atoms with Crippen LogP contribution < -0.4 is 15.2 Å². The van der Waals surface area contributed by atoms with Gasteiger partial charge >= 0.3 is 0 Å². The van der Waals surface area contributed by atoms with Gasteiger partial charge in [-0.3, -0.25) is 4.90 Å². The van der Waals surface area contributed by atoms with Crippen molar-refractivity contribution in [1.82, 2.24) is 4.90 Å². The van der Waals surface area contributed by atoms with Gasteiger partial charge in [0, 0.05) is 29.2 Å². The monoisotopic (exact) mass is 298 g/mol. The first-order valence-corrected chi connectivity index (χ1v) is 7.22. The Bertz CT molecular complexity index is 493. The summed E-state index contributed by atoms with van der Waals surface area (Å²) in [6.45, 7) is 3.74. The highest BCUT2D eigenvalue weighted by Gasteiger charge is 2.34. The standard InChI is InChI=1S/C15H23ClN2O2/c1-9-11(16)6-13(19-3)15(20-4)14(9)12-5-10(7-17)8-18(12)2/h6,10,12H,5,7-8,17H2,1-4H3. The summed E-state index contributed by atoms with van der Waals surface area (Å²) in [6.07, 6.45) is 1.02. The van der Waals surface area contributed by atoms with Crippen LogP contribution in [0.3, 0.4) is 0 Å². The molecule has 2 N–H and O–H groups in total. The molecule has 1 fully saturated rings. The number of hydrogen-bond acceptors (Lipinski definition) is 4. The Morgan fingerprint density at radius 2 is 2.10 bits per heavy atom. The lowest BCUT2D eigenvalue weighted by Gasteiger charge is -2.25. The highest BCUT2D eigenvalue weighted by Crippen LogP contribution is 2.46. The second-order valence-corrected chi connectivity index (χ2v) is 5.83. The molecule has 20 heavy (non-hydrogen) atoms. The molecule has 112 valence electrons. The van der Waals surface area contributed by atoms with Gasteiger partial charge in [0.25, 0.3) is 0 Å². The van der Waals surface area contributed by atoms with Crippen molar-refractivity contribution in [3.63, 3.8) is 0 Å². The van der Waals surface area contributed by atoms with E-state index >= 15 is 0 Å². The predicted octanol–water partition coefficient (Wildman–Crippen LogP) is 2.62. The van der Waals surface area contributed by atoms with Crippen LogP contribution in [-0.4, -0.2) is 39.3 Å². The molecule has 1 heterocycles. The first-order chi connectivity index (χ1) is 9.53. The maximum atomic E-state index is 6.34. The van der Waals surface area contributed by atoms with Crippen molar-refractivity contribution in [2.24, 2.45) is 11.7 Å². The number of benzene rings is 1. The van der Waals surface area contributed by atoms with Gasteiger partial charge in [0.15, 0.2) is 11.5 Å². The topological polar surface area (TPSA) is 47.7 Å². The molecular weight excluding hydrogens is 276 g/mol. The molecule has 0 saturated carbocycles. The Kier molecular flexibility index (Phi) is 4.78. The van der Waals surface area contributed by atoms with Crippen LogP contribution in [0.5, 0.6) is 11.5 Å². The Balaban J connectivity index is 2.52. The van der Waals surface area contributed by atoms with Crippen molar-refractivity contribution in [3.8, 4) is 11.5 Å². The fourth-order valence-electron chi connectivity index (χ4n) is 3.10. The number of nitrogens with two attached hydrogens (primary N) is 1. The van der Waals surface area contributed by atoms with Gasteiger partial charge in [0.1, 0.15) is 0 Å². The molecule has 0 spiro atoms. The number of rotatable bonds is 4. The summed E-state index contributed by atoms with van der Waals surface area (Å²) in [5, 5.41) is 0.710. The number of halogens is 1. The molecule has 4 nitrogen and oxygen atoms in total. The summed E-state index contributed by atoms with van der Waals surface area (Å²) in [5.41, 5.74) is 8.00. The van der Waals surface area contributed by atoms with Crippen LogP contribution in [0.4, 0.5) is 0 Å². The van der Waals surface area contributed by atoms with E-state index in [-0.39, 0.29) is 6.04 Å². The molecule has 1 aromatic carbocycles. The van der Waals surface area contributed by atoms with Crippen LogP contribution >= 0.6 is 11.6 Å². The third kappa shape index (κ3) is 2.60. The average Bonchev–Trinajstić information content (AvgIpc) is 2.82. The van der Waals surface area contributed by atoms with Crippen molar-refractivity contribution >= 4 is 11.6 Å². The lowest BCUT2D eigenvalue weighted by molar-refractivity contribution is 0.295. The zero-order chi connectivity index (χ0) is 14.9. The molecule has 2 rings (SSSR count). The first-order valence-electron chi connectivity index (χ1n) is 6.84. The number of hydrogen-bond donors (Lipinski definition) is 1. The van der Waals surface area contributed by atoms with Gasteiger partial charge in [-0.05, 0) is 38.4 Å². The fraction of sp³-hybridized carbons (Fsp3) is 0.600. The average molecular weight is 299 g/mol. The highest BCUT2D eigenvalue weighted by molar-refractivity contribution is 6.31. The molecule has 0 aliphatic carbocycles. The lowest BCUT2D eigenvalue weighted by atomic mass is 9.95. The van der Waals surface area contributed by atoms with Gasteiger partial charge in [-0.25, -0.2) is 0 Å². The zero-order valence-electron chi connectivity index (χ0n) is 12.6. The van der Waals surface area contributed by atoms with Crippen molar-refractivity contribution in [2.75, 3.05) is 34.4 Å². The molecule has 1 aliphatic heterocycles. The SMILES string of the molecule is COc1cc(Cl)c(C)c(C2CC(CN)CN2C)c1OC. The summed E-state index contributed by atoms with van der Waals surface area (Å²) in [5.74, 6) is 1.98. The molecule has 1 aliphatic rings. The van der Waals surface area contributed by atoms with Crippen LogP contribution in [0.2, 0.25) is 5.02 Å². The Morgan fingerprint density at radius 3 is 2.60 bits per heavy atom. The van der Waals surface area contributed by atoms with Gasteiger partial charge in [-0.1, -0.05) is 11.6 Å². The number of methoxy groups -OCH3 is 2. The van der Waals surface area contributed by atoms with E-state index in [0.29, 0.717) is 23.2 Å². The van der Waals surface area contributed by atoms with Crippen molar-refractivity contribution in [1.29, 1.82) is 0 Å². The fourth-order valence-corrected chi connectivity index (χ4v) is 3.30. The quantitative estimate of drug-likeness (QED) is 0.928. The minimum atomic E-state index is 0.270. The van der Waals surface area contributed by atoms with Crippen LogP contribution in [0, 0.1) is 12.8 Å². The highest BCUT2D eigenvalue weighted by atomic mass is 35.5. The zero-order valence-corrected chi connectivity index (χ0v) is 13.3. The second-order valence-electron chi connectivity index (χ2n) is 5.43. The van der Waals surface area contributed by atoms with E-state index in [1.54, 1.807) is 14.2 Å². The van der Waals surface area contributed by atoms with Crippen LogP contribution in [-0.2, 0) is 0 Å². The number of likely N-dealkylation sites (tertiary alicyclic amines) is 1. The molecule has 0 aromatic heterocycles. The van der Waals surface area contributed by atoms with Crippen molar-refractivity contribution in [3.05, 3.63) is 22.2 Å². The summed E-state index contributed by atoms with van der Waals surface area (Å²) in [7, 11) is 5.42. The molecule has 0 amide bonds. The number of ether oxygens (including phenoxy) is 2. The van der Waals surface area contributed by atoms with Gasteiger partial charge in [0.05, 0.1) is 14.2 Å². The smallest absolute Gasteiger partial charge is 0.165 e. The third-order valence-electron chi connectivity index (χ3n) is 4.21. The summed E-state index contributed by atoms with van der Waals surface area (Å²) < 4.78 is 11.0. The van der Waals surface area contributed by atoms with Crippen LogP contribution in [0.15, 0.2) is 6.07 Å². The molecule has 1 saturated heterocycles. The number of nitrogens with zero attached hydrogens (tertiary/aromatic N) is 1. The van der Waals surface area contributed by atoms with Crippen molar-refractivity contribution < 1.29 is 9.47 Å². The van der Waals surface area contributed by atoms with E-state index in [2.05, 4.69) is 11.9 Å². The maximum Gasteiger partial charge on any atom is 0.165 e. The molecule has 0 radical (unpaired) electrons. The van der Waals surface area contributed by atoms with Crippen LogP contribution in [0.25, 0.3) is 0 Å². The summed E-state index contributed by atoms with van der Waals surface area (Å²) >= 11 is 6.34. The van der Waals surface area contributed by atoms with Crippen molar-refractivity contribution in [2.45, 2.75) is 19.4 Å². The molecule has 1 aromatic rings. The van der Waals surface area contributed by atoms with E-state index in [1.807, 2.05) is 13.0 Å². The third-order valence-corrected chi connectivity index (χ3v) is 4.61. The first kappa shape index (κ1) is 15.4. The molecule has 0 bridgehead atoms. The molecular formula is C15H23ClN2O2. The lowest BCUT2D eigenvalue weighted by Crippen LogP contribution is -2.21. The normalized spacial score (nSPS) is 23.1.